The number of thiophene rings is 1. The fourth-order valence-corrected chi connectivity index (χ4v) is 4.40. The van der Waals surface area contributed by atoms with Crippen LogP contribution in [0.2, 0.25) is 5.02 Å². The number of fused-ring (bicyclic) bond motifs is 3. The summed E-state index contributed by atoms with van der Waals surface area (Å²) in [6.45, 7) is -0.117. The Kier molecular flexibility index (Phi) is 3.94. The highest BCUT2D eigenvalue weighted by atomic mass is 35.5. The summed E-state index contributed by atoms with van der Waals surface area (Å²) < 4.78 is 1.17. The first-order valence-electron chi connectivity index (χ1n) is 7.80. The number of aromatic nitrogens is 3. The van der Waals surface area contributed by atoms with Crippen LogP contribution in [0.15, 0.2) is 29.1 Å². The van der Waals surface area contributed by atoms with E-state index in [1.807, 2.05) is 0 Å². The highest BCUT2D eigenvalue weighted by molar-refractivity contribution is 7.18. The Labute approximate surface area is 146 Å². The first-order chi connectivity index (χ1) is 11.6. The van der Waals surface area contributed by atoms with E-state index >= 15 is 0 Å². The Bertz CT molecular complexity index is 991. The maximum Gasteiger partial charge on any atom is 0.279 e. The summed E-state index contributed by atoms with van der Waals surface area (Å²) in [4.78, 5) is 27.1. The number of Topliss-reactive ketones (excluding diaryl/α,β-unsaturated/α-hetero) is 1. The monoisotopic (exact) mass is 359 g/mol. The fourth-order valence-electron chi connectivity index (χ4n) is 3.07. The molecule has 0 atom stereocenters. The molecule has 0 aliphatic heterocycles. The molecule has 5 nitrogen and oxygen atoms in total. The Balaban J connectivity index is 1.72. The Hall–Kier alpha value is -2.05. The van der Waals surface area contributed by atoms with E-state index in [2.05, 4.69) is 10.3 Å². The first-order valence-corrected chi connectivity index (χ1v) is 9.00. The van der Waals surface area contributed by atoms with Gasteiger partial charge in [-0.3, -0.25) is 9.59 Å². The first kappa shape index (κ1) is 15.5. The van der Waals surface area contributed by atoms with Crippen LogP contribution in [0, 0.1) is 0 Å². The van der Waals surface area contributed by atoms with Crippen molar-refractivity contribution in [2.75, 3.05) is 0 Å². The van der Waals surface area contributed by atoms with E-state index in [4.69, 9.17) is 11.6 Å². The van der Waals surface area contributed by atoms with Crippen LogP contribution in [0.4, 0.5) is 0 Å². The number of halogens is 1. The number of carbonyl (C=O) groups is 1. The van der Waals surface area contributed by atoms with Crippen LogP contribution in [0.1, 0.15) is 33.6 Å². The van der Waals surface area contributed by atoms with Gasteiger partial charge < -0.3 is 0 Å². The van der Waals surface area contributed by atoms with Crippen LogP contribution in [-0.4, -0.2) is 20.8 Å². The minimum atomic E-state index is -0.221. The highest BCUT2D eigenvalue weighted by Crippen LogP contribution is 2.33. The topological polar surface area (TPSA) is 64.8 Å². The molecule has 7 heteroatoms. The van der Waals surface area contributed by atoms with Crippen molar-refractivity contribution in [3.8, 4) is 0 Å². The third kappa shape index (κ3) is 2.65. The van der Waals surface area contributed by atoms with Gasteiger partial charge in [0.1, 0.15) is 6.54 Å². The van der Waals surface area contributed by atoms with Crippen molar-refractivity contribution >= 4 is 38.9 Å². The lowest BCUT2D eigenvalue weighted by molar-refractivity contribution is 0.0964. The lowest BCUT2D eigenvalue weighted by atomic mass is 9.97. The second-order valence-electron chi connectivity index (χ2n) is 5.87. The smallest absolute Gasteiger partial charge is 0.279 e. The fraction of sp³-hybridized carbons (Fsp3) is 0.294. The third-order valence-electron chi connectivity index (χ3n) is 4.30. The molecule has 24 heavy (non-hydrogen) atoms. The Morgan fingerprint density at radius 1 is 1.21 bits per heavy atom. The van der Waals surface area contributed by atoms with Crippen molar-refractivity contribution in [1.29, 1.82) is 0 Å². The van der Waals surface area contributed by atoms with Gasteiger partial charge in [0.15, 0.2) is 10.6 Å². The zero-order valence-electron chi connectivity index (χ0n) is 12.8. The summed E-state index contributed by atoms with van der Waals surface area (Å²) >= 11 is 7.39. The van der Waals surface area contributed by atoms with Crippen molar-refractivity contribution in [1.82, 2.24) is 15.0 Å². The largest absolute Gasteiger partial charge is 0.292 e. The summed E-state index contributed by atoms with van der Waals surface area (Å²) in [7, 11) is 0. The van der Waals surface area contributed by atoms with Gasteiger partial charge in [-0.05, 0) is 55.5 Å². The minimum absolute atomic E-state index is 0.117. The van der Waals surface area contributed by atoms with Gasteiger partial charge in [-0.1, -0.05) is 16.8 Å². The van der Waals surface area contributed by atoms with Crippen LogP contribution in [-0.2, 0) is 19.4 Å². The Morgan fingerprint density at radius 3 is 2.75 bits per heavy atom. The van der Waals surface area contributed by atoms with Crippen LogP contribution < -0.4 is 5.56 Å². The summed E-state index contributed by atoms with van der Waals surface area (Å²) in [6, 6.07) is 6.60. The van der Waals surface area contributed by atoms with Crippen LogP contribution in [0.5, 0.6) is 0 Å². The molecule has 1 aromatic carbocycles. The molecule has 1 aliphatic rings. The molecule has 122 valence electrons. The predicted octanol–water partition coefficient (Wildman–Crippen LogP) is 3.27. The number of carbonyl (C=O) groups excluding carboxylic acids is 1. The lowest BCUT2D eigenvalue weighted by Crippen LogP contribution is -2.28. The average molecular weight is 360 g/mol. The van der Waals surface area contributed by atoms with Crippen molar-refractivity contribution in [2.24, 2.45) is 0 Å². The van der Waals surface area contributed by atoms with Gasteiger partial charge >= 0.3 is 0 Å². The standard InChI is InChI=1S/C17H14ClN3O2S/c18-11-7-5-10(6-8-11)13(22)9-21-17(23)15-12-3-1-2-4-14(12)24-16(15)19-20-21/h5-8H,1-4,9H2. The van der Waals surface area contributed by atoms with Crippen LogP contribution in [0.25, 0.3) is 10.2 Å². The summed E-state index contributed by atoms with van der Waals surface area (Å²) in [5.74, 6) is -0.188. The van der Waals surface area contributed by atoms with Gasteiger partial charge in [0.2, 0.25) is 0 Å². The molecular formula is C17H14ClN3O2S. The molecule has 0 unspecified atom stereocenters. The van der Waals surface area contributed by atoms with Gasteiger partial charge in [-0.15, -0.1) is 16.4 Å². The second kappa shape index (κ2) is 6.11. The zero-order valence-corrected chi connectivity index (χ0v) is 14.4. The number of hydrogen-bond donors (Lipinski definition) is 0. The van der Waals surface area contributed by atoms with E-state index in [9.17, 15) is 9.59 Å². The van der Waals surface area contributed by atoms with Crippen LogP contribution in [0.3, 0.4) is 0 Å². The van der Waals surface area contributed by atoms with Gasteiger partial charge in [0, 0.05) is 15.5 Å². The van der Waals surface area contributed by atoms with E-state index in [1.165, 1.54) is 9.56 Å². The summed E-state index contributed by atoms with van der Waals surface area (Å²) in [5.41, 5.74) is 1.39. The summed E-state index contributed by atoms with van der Waals surface area (Å²) in [6.07, 6.45) is 4.14. The molecule has 0 spiro atoms. The summed E-state index contributed by atoms with van der Waals surface area (Å²) in [5, 5.41) is 9.33. The average Bonchev–Trinajstić information content (AvgIpc) is 2.97. The molecular weight excluding hydrogens is 346 g/mol. The maximum atomic E-state index is 12.8. The third-order valence-corrected chi connectivity index (χ3v) is 5.73. The number of ketones is 1. The quantitative estimate of drug-likeness (QED) is 0.673. The molecule has 2 aromatic heterocycles. The molecule has 0 bridgehead atoms. The van der Waals surface area contributed by atoms with Crippen LogP contribution >= 0.6 is 22.9 Å². The molecule has 0 fully saturated rings. The number of nitrogens with zero attached hydrogens (tertiary/aromatic N) is 3. The number of rotatable bonds is 3. The zero-order chi connectivity index (χ0) is 16.7. The molecule has 0 N–H and O–H groups in total. The molecule has 1 aliphatic carbocycles. The van der Waals surface area contributed by atoms with Crippen molar-refractivity contribution in [3.63, 3.8) is 0 Å². The van der Waals surface area contributed by atoms with E-state index in [-0.39, 0.29) is 17.9 Å². The van der Waals surface area contributed by atoms with Crippen molar-refractivity contribution in [3.05, 3.63) is 55.6 Å². The molecule has 4 rings (SSSR count). The molecule has 0 radical (unpaired) electrons. The number of hydrogen-bond acceptors (Lipinski definition) is 5. The molecule has 3 aromatic rings. The van der Waals surface area contributed by atoms with Crippen molar-refractivity contribution < 1.29 is 4.79 Å². The predicted molar refractivity (Wildman–Crippen MR) is 94.1 cm³/mol. The SMILES string of the molecule is O=C(Cn1nnc2sc3c(c2c1=O)CCCC3)c1ccc(Cl)cc1. The van der Waals surface area contributed by atoms with Gasteiger partial charge in [0.05, 0.1) is 5.39 Å². The van der Waals surface area contributed by atoms with Crippen molar-refractivity contribution in [2.45, 2.75) is 32.2 Å². The molecule has 0 amide bonds. The maximum absolute atomic E-state index is 12.8. The molecule has 0 saturated heterocycles. The lowest BCUT2D eigenvalue weighted by Gasteiger charge is -2.10. The number of aryl methyl sites for hydroxylation is 2. The van der Waals surface area contributed by atoms with E-state index < -0.39 is 0 Å². The highest BCUT2D eigenvalue weighted by Gasteiger charge is 2.21. The van der Waals surface area contributed by atoms with Gasteiger partial charge in [0.25, 0.3) is 5.56 Å². The van der Waals surface area contributed by atoms with E-state index in [0.717, 1.165) is 31.2 Å². The number of benzene rings is 1. The Morgan fingerprint density at radius 2 is 1.96 bits per heavy atom. The minimum Gasteiger partial charge on any atom is -0.292 e. The molecule has 0 saturated carbocycles. The van der Waals surface area contributed by atoms with E-state index in [1.54, 1.807) is 35.6 Å². The second-order valence-corrected chi connectivity index (χ2v) is 7.39. The van der Waals surface area contributed by atoms with Gasteiger partial charge in [-0.25, -0.2) is 4.68 Å². The van der Waals surface area contributed by atoms with E-state index in [0.29, 0.717) is 20.8 Å². The molecule has 2 heterocycles. The normalized spacial score (nSPS) is 13.9. The van der Waals surface area contributed by atoms with Gasteiger partial charge in [-0.2, -0.15) is 0 Å².